The van der Waals surface area contributed by atoms with Gasteiger partial charge in [0, 0.05) is 28.2 Å². The van der Waals surface area contributed by atoms with Crippen LogP contribution in [-0.4, -0.2) is 69.3 Å². The van der Waals surface area contributed by atoms with E-state index < -0.39 is 10.0 Å². The lowest BCUT2D eigenvalue weighted by Crippen LogP contribution is -2.36. The lowest BCUT2D eigenvalue weighted by atomic mass is 10.7. The molecule has 1 aromatic heterocycles. The molecule has 0 saturated carbocycles. The zero-order valence-corrected chi connectivity index (χ0v) is 12.8. The molecule has 1 aromatic rings. The van der Waals surface area contributed by atoms with Crippen LogP contribution in [0.15, 0.2) is 4.34 Å². The zero-order chi connectivity index (χ0) is 14.8. The van der Waals surface area contributed by atoms with Crippen LogP contribution in [0.5, 0.6) is 0 Å². The molecule has 0 unspecified atom stereocenters. The van der Waals surface area contributed by atoms with Crippen molar-refractivity contribution >= 4 is 32.5 Å². The lowest BCUT2D eigenvalue weighted by Gasteiger charge is -2.18. The van der Waals surface area contributed by atoms with Gasteiger partial charge in [0.05, 0.1) is 7.11 Å². The van der Waals surface area contributed by atoms with E-state index in [0.29, 0.717) is 4.47 Å². The summed E-state index contributed by atoms with van der Waals surface area (Å²) >= 11 is 0.784. The Labute approximate surface area is 115 Å². The SMILES string of the molecule is CON(C)S(=O)(=O)c1nnc(N(C)C(=O)N(C)C)s1. The van der Waals surface area contributed by atoms with Gasteiger partial charge in [-0.2, -0.15) is 0 Å². The van der Waals surface area contributed by atoms with Crippen LogP contribution >= 0.6 is 11.3 Å². The highest BCUT2D eigenvalue weighted by molar-refractivity contribution is 7.91. The van der Waals surface area contributed by atoms with Crippen molar-refractivity contribution in [2.75, 3.05) is 40.2 Å². The molecule has 1 rings (SSSR count). The molecule has 11 heteroatoms. The highest BCUT2D eigenvalue weighted by Gasteiger charge is 2.27. The standard InChI is InChI=1S/C8H15N5O4S2/c1-11(2)8(14)12(3)6-9-10-7(18-6)19(15,16)13(4)17-5/h1-5H3. The number of amides is 2. The van der Waals surface area contributed by atoms with Gasteiger partial charge in [-0.3, -0.25) is 9.74 Å². The quantitative estimate of drug-likeness (QED) is 0.566. The van der Waals surface area contributed by atoms with Crippen molar-refractivity contribution in [1.82, 2.24) is 19.6 Å². The number of carbonyl (C=O) groups excluding carboxylic acids is 1. The third-order valence-electron chi connectivity index (χ3n) is 2.17. The summed E-state index contributed by atoms with van der Waals surface area (Å²) in [6, 6.07) is -0.333. The van der Waals surface area contributed by atoms with Crippen LogP contribution in [0.3, 0.4) is 0 Å². The minimum absolute atomic E-state index is 0.182. The van der Waals surface area contributed by atoms with Crippen molar-refractivity contribution in [1.29, 1.82) is 0 Å². The molecular weight excluding hydrogens is 294 g/mol. The predicted molar refractivity (Wildman–Crippen MR) is 69.4 cm³/mol. The van der Waals surface area contributed by atoms with Crippen molar-refractivity contribution in [3.05, 3.63) is 0 Å². The lowest BCUT2D eigenvalue weighted by molar-refractivity contribution is -0.0259. The number of hydrogen-bond acceptors (Lipinski definition) is 7. The Morgan fingerprint density at radius 1 is 1.21 bits per heavy atom. The van der Waals surface area contributed by atoms with Crippen LogP contribution in [0.25, 0.3) is 0 Å². The van der Waals surface area contributed by atoms with E-state index in [1.807, 2.05) is 0 Å². The average molecular weight is 309 g/mol. The zero-order valence-electron chi connectivity index (χ0n) is 11.2. The van der Waals surface area contributed by atoms with Crippen LogP contribution < -0.4 is 4.90 Å². The molecule has 0 bridgehead atoms. The summed E-state index contributed by atoms with van der Waals surface area (Å²) in [7, 11) is 3.27. The molecule has 2 amide bonds. The second-order valence-corrected chi connectivity index (χ2v) is 6.75. The minimum atomic E-state index is -3.84. The second kappa shape index (κ2) is 5.77. The first-order chi connectivity index (χ1) is 8.71. The fourth-order valence-corrected chi connectivity index (χ4v) is 3.09. The van der Waals surface area contributed by atoms with Gasteiger partial charge in [0.25, 0.3) is 14.4 Å². The van der Waals surface area contributed by atoms with Crippen molar-refractivity contribution in [2.24, 2.45) is 0 Å². The highest BCUT2D eigenvalue weighted by atomic mass is 32.2. The van der Waals surface area contributed by atoms with E-state index in [-0.39, 0.29) is 15.5 Å². The first-order valence-electron chi connectivity index (χ1n) is 5.03. The molecule has 0 spiro atoms. The van der Waals surface area contributed by atoms with Gasteiger partial charge in [0.2, 0.25) is 5.13 Å². The number of aromatic nitrogens is 2. The fraction of sp³-hybridized carbons (Fsp3) is 0.625. The molecule has 19 heavy (non-hydrogen) atoms. The molecule has 0 aromatic carbocycles. The van der Waals surface area contributed by atoms with E-state index in [2.05, 4.69) is 15.0 Å². The van der Waals surface area contributed by atoms with Crippen molar-refractivity contribution in [3.8, 4) is 0 Å². The number of nitrogens with zero attached hydrogens (tertiary/aromatic N) is 5. The normalized spacial score (nSPS) is 11.7. The Morgan fingerprint density at radius 3 is 2.26 bits per heavy atom. The minimum Gasteiger partial charge on any atom is -0.330 e. The molecule has 0 radical (unpaired) electrons. The number of carbonyl (C=O) groups is 1. The summed E-state index contributed by atoms with van der Waals surface area (Å²) in [4.78, 5) is 18.9. The Morgan fingerprint density at radius 2 is 1.79 bits per heavy atom. The van der Waals surface area contributed by atoms with Gasteiger partial charge < -0.3 is 4.90 Å². The van der Waals surface area contributed by atoms with Gasteiger partial charge in [-0.15, -0.1) is 10.2 Å². The van der Waals surface area contributed by atoms with Crippen molar-refractivity contribution in [2.45, 2.75) is 4.34 Å². The Kier molecular flexibility index (Phi) is 4.79. The van der Waals surface area contributed by atoms with Crippen LogP contribution in [-0.2, 0) is 14.9 Å². The van der Waals surface area contributed by atoms with E-state index in [1.54, 1.807) is 14.1 Å². The molecule has 0 saturated heterocycles. The molecular formula is C8H15N5O4S2. The monoisotopic (exact) mass is 309 g/mol. The molecule has 0 aliphatic heterocycles. The Hall–Kier alpha value is -1.30. The topological polar surface area (TPSA) is 95.9 Å². The number of rotatable bonds is 4. The molecule has 1 heterocycles. The van der Waals surface area contributed by atoms with E-state index >= 15 is 0 Å². The number of urea groups is 1. The molecule has 0 atom stereocenters. The number of sulfonamides is 1. The van der Waals surface area contributed by atoms with Crippen LogP contribution in [0.4, 0.5) is 9.93 Å². The maximum absolute atomic E-state index is 11.9. The third-order valence-corrected chi connectivity index (χ3v) is 5.19. The summed E-state index contributed by atoms with van der Waals surface area (Å²) in [6.45, 7) is 0. The number of hydroxylamine groups is 1. The number of anilines is 1. The van der Waals surface area contributed by atoms with Gasteiger partial charge in [0.15, 0.2) is 0 Å². The molecule has 0 aliphatic rings. The third kappa shape index (κ3) is 3.18. The van der Waals surface area contributed by atoms with Gasteiger partial charge in [-0.05, 0) is 0 Å². The first kappa shape index (κ1) is 15.8. The van der Waals surface area contributed by atoms with E-state index in [1.165, 1.54) is 31.0 Å². The van der Waals surface area contributed by atoms with Crippen molar-refractivity contribution < 1.29 is 18.0 Å². The summed E-state index contributed by atoms with van der Waals surface area (Å²) in [6.07, 6.45) is 0. The maximum Gasteiger partial charge on any atom is 0.325 e. The molecule has 0 aliphatic carbocycles. The van der Waals surface area contributed by atoms with Gasteiger partial charge in [-0.25, -0.2) is 13.2 Å². The molecule has 9 nitrogen and oxygen atoms in total. The predicted octanol–water partition coefficient (Wildman–Crippen LogP) is -0.162. The van der Waals surface area contributed by atoms with Crippen molar-refractivity contribution in [3.63, 3.8) is 0 Å². The molecule has 0 fully saturated rings. The maximum atomic E-state index is 11.9. The molecule has 108 valence electrons. The average Bonchev–Trinajstić information content (AvgIpc) is 2.85. The Bertz CT molecular complexity index is 555. The van der Waals surface area contributed by atoms with Gasteiger partial charge >= 0.3 is 6.03 Å². The summed E-state index contributed by atoms with van der Waals surface area (Å²) in [5.74, 6) is 0. The van der Waals surface area contributed by atoms with Crippen LogP contribution in [0.2, 0.25) is 0 Å². The molecule has 0 N–H and O–H groups in total. The van der Waals surface area contributed by atoms with E-state index in [9.17, 15) is 13.2 Å². The fourth-order valence-electron chi connectivity index (χ4n) is 1.03. The smallest absolute Gasteiger partial charge is 0.325 e. The van der Waals surface area contributed by atoms with Crippen LogP contribution in [0.1, 0.15) is 0 Å². The number of hydrogen-bond donors (Lipinski definition) is 0. The summed E-state index contributed by atoms with van der Waals surface area (Å²) in [5, 5.41) is 7.44. The largest absolute Gasteiger partial charge is 0.330 e. The summed E-state index contributed by atoms with van der Waals surface area (Å²) in [5.41, 5.74) is 0. The van der Waals surface area contributed by atoms with E-state index in [0.717, 1.165) is 11.3 Å². The van der Waals surface area contributed by atoms with Gasteiger partial charge in [-0.1, -0.05) is 15.8 Å². The summed E-state index contributed by atoms with van der Waals surface area (Å²) < 4.78 is 24.2. The second-order valence-electron chi connectivity index (χ2n) is 3.68. The highest BCUT2D eigenvalue weighted by Crippen LogP contribution is 2.25. The Balaban J connectivity index is 3.04. The first-order valence-corrected chi connectivity index (χ1v) is 7.29. The van der Waals surface area contributed by atoms with E-state index in [4.69, 9.17) is 0 Å². The van der Waals surface area contributed by atoms with Gasteiger partial charge in [0.1, 0.15) is 0 Å². The van der Waals surface area contributed by atoms with Crippen LogP contribution in [0, 0.1) is 0 Å².